The molecule has 1 unspecified atom stereocenters. The second-order valence-electron chi connectivity index (χ2n) is 5.04. The second kappa shape index (κ2) is 5.05. The smallest absolute Gasteiger partial charge is 0.241 e. The molecule has 6 heteroatoms. The Morgan fingerprint density at radius 3 is 2.76 bits per heavy atom. The van der Waals surface area contributed by atoms with Crippen LogP contribution in [0, 0.1) is 6.92 Å². The number of aryl methyl sites for hydroxylation is 1. The van der Waals surface area contributed by atoms with Gasteiger partial charge in [0.25, 0.3) is 0 Å². The Bertz CT molecular complexity index is 787. The monoisotopic (exact) mass is 304 g/mol. The third-order valence-electron chi connectivity index (χ3n) is 3.55. The van der Waals surface area contributed by atoms with Crippen molar-refractivity contribution in [3.8, 4) is 5.75 Å². The molecule has 0 saturated carbocycles. The van der Waals surface area contributed by atoms with Crippen molar-refractivity contribution in [1.82, 2.24) is 4.72 Å². The molecule has 21 heavy (non-hydrogen) atoms. The summed E-state index contributed by atoms with van der Waals surface area (Å²) in [5, 5.41) is 0. The summed E-state index contributed by atoms with van der Waals surface area (Å²) in [7, 11) is -3.61. The molecule has 3 rings (SSSR count). The van der Waals surface area contributed by atoms with Crippen LogP contribution < -0.4 is 15.2 Å². The summed E-state index contributed by atoms with van der Waals surface area (Å²) in [6, 6.07) is 11.7. The van der Waals surface area contributed by atoms with E-state index < -0.39 is 10.0 Å². The predicted molar refractivity (Wildman–Crippen MR) is 80.6 cm³/mol. The maximum absolute atomic E-state index is 12.5. The van der Waals surface area contributed by atoms with Gasteiger partial charge in [-0.1, -0.05) is 18.2 Å². The van der Waals surface area contributed by atoms with E-state index in [1.807, 2.05) is 24.3 Å². The molecule has 0 aliphatic carbocycles. The Morgan fingerprint density at radius 1 is 1.24 bits per heavy atom. The molecule has 1 heterocycles. The van der Waals surface area contributed by atoms with Gasteiger partial charge in [-0.25, -0.2) is 13.1 Å². The number of hydrogen-bond acceptors (Lipinski definition) is 4. The molecule has 1 aliphatic rings. The maximum Gasteiger partial charge on any atom is 0.241 e. The summed E-state index contributed by atoms with van der Waals surface area (Å²) in [5.41, 5.74) is 7.89. The first kappa shape index (κ1) is 13.9. The summed E-state index contributed by atoms with van der Waals surface area (Å²) in [4.78, 5) is 0.207. The molecular formula is C15H16N2O3S. The molecule has 1 atom stereocenters. The molecule has 0 radical (unpaired) electrons. The predicted octanol–water partition coefficient (Wildman–Crippen LogP) is 1.99. The van der Waals surface area contributed by atoms with Crippen LogP contribution in [0.1, 0.15) is 17.2 Å². The lowest BCUT2D eigenvalue weighted by Crippen LogP contribution is -2.29. The van der Waals surface area contributed by atoms with Crippen molar-refractivity contribution < 1.29 is 13.2 Å². The highest BCUT2D eigenvalue weighted by Crippen LogP contribution is 2.32. The van der Waals surface area contributed by atoms with Crippen LogP contribution in [0.2, 0.25) is 0 Å². The Balaban J connectivity index is 1.89. The fourth-order valence-corrected chi connectivity index (χ4v) is 3.62. The summed E-state index contributed by atoms with van der Waals surface area (Å²) < 4.78 is 33.1. The number of hydrogen-bond donors (Lipinski definition) is 2. The van der Waals surface area contributed by atoms with Crippen LogP contribution in [-0.4, -0.2) is 15.0 Å². The number of fused-ring (bicyclic) bond motifs is 1. The molecule has 0 bridgehead atoms. The van der Waals surface area contributed by atoms with Gasteiger partial charge < -0.3 is 10.5 Å². The Labute approximate surface area is 123 Å². The van der Waals surface area contributed by atoms with Gasteiger partial charge in [0, 0.05) is 11.3 Å². The third-order valence-corrected chi connectivity index (χ3v) is 5.02. The lowest BCUT2D eigenvalue weighted by atomic mass is 10.1. The highest BCUT2D eigenvalue weighted by molar-refractivity contribution is 7.89. The Morgan fingerprint density at radius 2 is 2.00 bits per heavy atom. The van der Waals surface area contributed by atoms with Gasteiger partial charge in [-0.05, 0) is 36.8 Å². The zero-order valence-electron chi connectivity index (χ0n) is 11.5. The van der Waals surface area contributed by atoms with Crippen LogP contribution in [-0.2, 0) is 10.0 Å². The topological polar surface area (TPSA) is 81.4 Å². The fraction of sp³-hybridized carbons (Fsp3) is 0.200. The molecular weight excluding hydrogens is 288 g/mol. The number of nitrogens with two attached hydrogens (primary N) is 1. The van der Waals surface area contributed by atoms with Crippen molar-refractivity contribution in [2.45, 2.75) is 17.9 Å². The highest BCUT2D eigenvalue weighted by Gasteiger charge is 2.28. The van der Waals surface area contributed by atoms with Gasteiger partial charge in [0.05, 0.1) is 10.9 Å². The van der Waals surface area contributed by atoms with E-state index >= 15 is 0 Å². The van der Waals surface area contributed by atoms with E-state index in [0.717, 1.165) is 16.9 Å². The first-order valence-corrected chi connectivity index (χ1v) is 8.06. The number of rotatable bonds is 3. The van der Waals surface area contributed by atoms with Crippen LogP contribution in [0.5, 0.6) is 5.75 Å². The standard InChI is InChI=1S/C15H16N2O3S/c1-10-8-11(6-7-13(10)16)21(18,19)17-14-9-20-15-5-3-2-4-12(14)15/h2-8,14,17H,9,16H2,1H3. The van der Waals surface area contributed by atoms with E-state index in [1.165, 1.54) is 6.07 Å². The van der Waals surface area contributed by atoms with Crippen molar-refractivity contribution in [2.24, 2.45) is 0 Å². The first-order valence-electron chi connectivity index (χ1n) is 6.57. The number of anilines is 1. The molecule has 2 aromatic carbocycles. The molecule has 110 valence electrons. The minimum absolute atomic E-state index is 0.207. The molecule has 0 spiro atoms. The SMILES string of the molecule is Cc1cc(S(=O)(=O)NC2COc3ccccc32)ccc1N. The van der Waals surface area contributed by atoms with E-state index in [-0.39, 0.29) is 10.9 Å². The molecule has 5 nitrogen and oxygen atoms in total. The second-order valence-corrected chi connectivity index (χ2v) is 6.76. The minimum atomic E-state index is -3.61. The van der Waals surface area contributed by atoms with Gasteiger partial charge in [0.2, 0.25) is 10.0 Å². The lowest BCUT2D eigenvalue weighted by Gasteiger charge is -2.13. The summed E-state index contributed by atoms with van der Waals surface area (Å²) >= 11 is 0. The summed E-state index contributed by atoms with van der Waals surface area (Å²) in [6.45, 7) is 2.08. The normalized spacial score (nSPS) is 17.3. The maximum atomic E-state index is 12.5. The molecule has 2 aromatic rings. The number of nitrogens with one attached hydrogen (secondary N) is 1. The van der Waals surface area contributed by atoms with Crippen LogP contribution in [0.4, 0.5) is 5.69 Å². The number of para-hydroxylation sites is 1. The number of nitrogen functional groups attached to an aromatic ring is 1. The molecule has 0 aromatic heterocycles. The molecule has 0 fully saturated rings. The average Bonchev–Trinajstić information content (AvgIpc) is 2.85. The van der Waals surface area contributed by atoms with E-state index in [2.05, 4.69) is 4.72 Å². The zero-order valence-corrected chi connectivity index (χ0v) is 12.4. The zero-order chi connectivity index (χ0) is 15.0. The molecule has 3 N–H and O–H groups in total. The number of ether oxygens (including phenoxy) is 1. The summed E-state index contributed by atoms with van der Waals surface area (Å²) in [6.07, 6.45) is 0. The van der Waals surface area contributed by atoms with Crippen LogP contribution in [0.15, 0.2) is 47.4 Å². The van der Waals surface area contributed by atoms with E-state index in [4.69, 9.17) is 10.5 Å². The van der Waals surface area contributed by atoms with E-state index in [0.29, 0.717) is 12.3 Å². The van der Waals surface area contributed by atoms with Crippen LogP contribution in [0.25, 0.3) is 0 Å². The van der Waals surface area contributed by atoms with Gasteiger partial charge in [-0.15, -0.1) is 0 Å². The van der Waals surface area contributed by atoms with Gasteiger partial charge >= 0.3 is 0 Å². The quantitative estimate of drug-likeness (QED) is 0.850. The van der Waals surface area contributed by atoms with Crippen molar-refractivity contribution in [3.05, 3.63) is 53.6 Å². The van der Waals surface area contributed by atoms with Gasteiger partial charge in [-0.2, -0.15) is 0 Å². The van der Waals surface area contributed by atoms with Crippen LogP contribution >= 0.6 is 0 Å². The molecule has 1 aliphatic heterocycles. The summed E-state index contributed by atoms with van der Waals surface area (Å²) in [5.74, 6) is 0.721. The van der Waals surface area contributed by atoms with Gasteiger partial charge in [-0.3, -0.25) is 0 Å². The molecule has 0 saturated heterocycles. The fourth-order valence-electron chi connectivity index (χ4n) is 2.33. The van der Waals surface area contributed by atoms with Crippen LogP contribution in [0.3, 0.4) is 0 Å². The first-order chi connectivity index (χ1) is 9.97. The Kier molecular flexibility index (Phi) is 3.35. The largest absolute Gasteiger partial charge is 0.491 e. The Hall–Kier alpha value is -2.05. The molecule has 0 amide bonds. The van der Waals surface area contributed by atoms with Crippen molar-refractivity contribution in [1.29, 1.82) is 0 Å². The van der Waals surface area contributed by atoms with Crippen molar-refractivity contribution >= 4 is 15.7 Å². The third kappa shape index (κ3) is 2.59. The van der Waals surface area contributed by atoms with Gasteiger partial charge in [0.1, 0.15) is 12.4 Å². The van der Waals surface area contributed by atoms with Gasteiger partial charge in [0.15, 0.2) is 0 Å². The lowest BCUT2D eigenvalue weighted by molar-refractivity contribution is 0.325. The minimum Gasteiger partial charge on any atom is -0.491 e. The van der Waals surface area contributed by atoms with E-state index in [9.17, 15) is 8.42 Å². The number of benzene rings is 2. The van der Waals surface area contributed by atoms with Crippen molar-refractivity contribution in [3.63, 3.8) is 0 Å². The van der Waals surface area contributed by atoms with Crippen molar-refractivity contribution in [2.75, 3.05) is 12.3 Å². The average molecular weight is 304 g/mol. The van der Waals surface area contributed by atoms with E-state index in [1.54, 1.807) is 19.1 Å². The highest BCUT2D eigenvalue weighted by atomic mass is 32.2. The number of sulfonamides is 1.